The van der Waals surface area contributed by atoms with Gasteiger partial charge in [-0.2, -0.15) is 5.26 Å². The Labute approximate surface area is 107 Å². The zero-order valence-corrected chi connectivity index (χ0v) is 10.2. The lowest BCUT2D eigenvalue weighted by Gasteiger charge is -2.32. The highest BCUT2D eigenvalue weighted by molar-refractivity contribution is 5.48. The Kier molecular flexibility index (Phi) is 2.85. The van der Waals surface area contributed by atoms with E-state index in [9.17, 15) is 5.26 Å². The molecule has 1 fully saturated rings. The number of hydrogen-bond donors (Lipinski definition) is 1. The molecule has 0 aromatic heterocycles. The van der Waals surface area contributed by atoms with E-state index in [0.29, 0.717) is 13.2 Å². The number of piperidine rings is 1. The van der Waals surface area contributed by atoms with Crippen molar-refractivity contribution in [2.75, 3.05) is 26.3 Å². The predicted octanol–water partition coefficient (Wildman–Crippen LogP) is 1.60. The Hall–Kier alpha value is -1.73. The summed E-state index contributed by atoms with van der Waals surface area (Å²) >= 11 is 0. The molecule has 2 heterocycles. The van der Waals surface area contributed by atoms with Crippen molar-refractivity contribution in [1.29, 1.82) is 5.26 Å². The number of fused-ring (bicyclic) bond motifs is 1. The van der Waals surface area contributed by atoms with E-state index in [4.69, 9.17) is 9.47 Å². The molecule has 4 heteroatoms. The lowest BCUT2D eigenvalue weighted by Crippen LogP contribution is -2.38. The van der Waals surface area contributed by atoms with Crippen molar-refractivity contribution in [3.05, 3.63) is 23.8 Å². The zero-order chi connectivity index (χ0) is 12.4. The quantitative estimate of drug-likeness (QED) is 0.815. The highest BCUT2D eigenvalue weighted by Gasteiger charge is 2.34. The predicted molar refractivity (Wildman–Crippen MR) is 66.8 cm³/mol. The van der Waals surface area contributed by atoms with E-state index < -0.39 is 0 Å². The molecule has 18 heavy (non-hydrogen) atoms. The first-order valence-corrected chi connectivity index (χ1v) is 6.36. The van der Waals surface area contributed by atoms with Crippen molar-refractivity contribution in [2.24, 2.45) is 0 Å². The summed E-state index contributed by atoms with van der Waals surface area (Å²) in [7, 11) is 0. The number of nitriles is 1. The fourth-order valence-corrected chi connectivity index (χ4v) is 2.66. The van der Waals surface area contributed by atoms with Gasteiger partial charge in [0, 0.05) is 0 Å². The van der Waals surface area contributed by atoms with Gasteiger partial charge in [-0.25, -0.2) is 0 Å². The van der Waals surface area contributed by atoms with Crippen LogP contribution in [-0.4, -0.2) is 26.3 Å². The minimum Gasteiger partial charge on any atom is -0.486 e. The summed E-state index contributed by atoms with van der Waals surface area (Å²) in [5.41, 5.74) is 0.678. The fraction of sp³-hybridized carbons (Fsp3) is 0.500. The molecule has 94 valence electrons. The summed E-state index contributed by atoms with van der Waals surface area (Å²) in [6.07, 6.45) is 1.70. The van der Waals surface area contributed by atoms with E-state index in [1.54, 1.807) is 0 Å². The minimum absolute atomic E-state index is 0.374. The van der Waals surface area contributed by atoms with E-state index in [0.717, 1.165) is 43.0 Å². The van der Waals surface area contributed by atoms with Crippen molar-refractivity contribution >= 4 is 0 Å². The molecule has 1 aromatic rings. The van der Waals surface area contributed by atoms with Gasteiger partial charge in [-0.05, 0) is 43.6 Å². The van der Waals surface area contributed by atoms with E-state index in [1.807, 2.05) is 18.2 Å². The molecular formula is C14H16N2O2. The summed E-state index contributed by atoms with van der Waals surface area (Å²) < 4.78 is 11.1. The third-order valence-electron chi connectivity index (χ3n) is 3.77. The largest absolute Gasteiger partial charge is 0.486 e. The lowest BCUT2D eigenvalue weighted by molar-refractivity contribution is 0.171. The molecule has 3 rings (SSSR count). The number of nitrogens with one attached hydrogen (secondary N) is 1. The monoisotopic (exact) mass is 244 g/mol. The molecule has 1 saturated heterocycles. The third kappa shape index (κ3) is 1.81. The first-order chi connectivity index (χ1) is 8.84. The molecule has 0 unspecified atom stereocenters. The third-order valence-corrected chi connectivity index (χ3v) is 3.77. The molecule has 1 aromatic carbocycles. The maximum Gasteiger partial charge on any atom is 0.161 e. The van der Waals surface area contributed by atoms with Crippen molar-refractivity contribution in [3.63, 3.8) is 0 Å². The molecule has 0 aliphatic carbocycles. The highest BCUT2D eigenvalue weighted by atomic mass is 16.6. The van der Waals surface area contributed by atoms with Crippen LogP contribution in [0.15, 0.2) is 18.2 Å². The number of hydrogen-bond acceptors (Lipinski definition) is 4. The van der Waals surface area contributed by atoms with Gasteiger partial charge in [0.2, 0.25) is 0 Å². The lowest BCUT2D eigenvalue weighted by atomic mass is 9.74. The fourth-order valence-electron chi connectivity index (χ4n) is 2.66. The molecule has 2 aliphatic rings. The maximum absolute atomic E-state index is 9.55. The van der Waals surface area contributed by atoms with Crippen LogP contribution in [-0.2, 0) is 5.41 Å². The molecule has 0 saturated carbocycles. The van der Waals surface area contributed by atoms with Crippen molar-refractivity contribution in [1.82, 2.24) is 5.32 Å². The second kappa shape index (κ2) is 4.51. The van der Waals surface area contributed by atoms with Crippen LogP contribution in [0.2, 0.25) is 0 Å². The smallest absolute Gasteiger partial charge is 0.161 e. The molecule has 4 nitrogen and oxygen atoms in total. The van der Waals surface area contributed by atoms with E-state index >= 15 is 0 Å². The first-order valence-electron chi connectivity index (χ1n) is 6.36. The summed E-state index contributed by atoms with van der Waals surface area (Å²) in [6, 6.07) is 8.40. The molecule has 0 spiro atoms. The van der Waals surface area contributed by atoms with Gasteiger partial charge in [-0.3, -0.25) is 0 Å². The van der Waals surface area contributed by atoms with Crippen LogP contribution >= 0.6 is 0 Å². The molecule has 0 radical (unpaired) electrons. The Bertz CT molecular complexity index is 487. The number of benzene rings is 1. The van der Waals surface area contributed by atoms with Gasteiger partial charge >= 0.3 is 0 Å². The molecule has 0 bridgehead atoms. The summed E-state index contributed by atoms with van der Waals surface area (Å²) in [4.78, 5) is 0. The van der Waals surface area contributed by atoms with Crippen LogP contribution in [0.1, 0.15) is 18.4 Å². The Balaban J connectivity index is 1.98. The van der Waals surface area contributed by atoms with Gasteiger partial charge in [0.05, 0.1) is 11.5 Å². The van der Waals surface area contributed by atoms with Gasteiger partial charge in [0.15, 0.2) is 11.5 Å². The average Bonchev–Trinajstić information content (AvgIpc) is 2.47. The Morgan fingerprint density at radius 3 is 2.56 bits per heavy atom. The van der Waals surface area contributed by atoms with Crippen LogP contribution in [0.25, 0.3) is 0 Å². The van der Waals surface area contributed by atoms with Crippen LogP contribution in [0.3, 0.4) is 0 Å². The van der Waals surface area contributed by atoms with Crippen LogP contribution in [0, 0.1) is 11.3 Å². The normalized spacial score (nSPS) is 21.1. The minimum atomic E-state index is -0.374. The van der Waals surface area contributed by atoms with Crippen molar-refractivity contribution in [2.45, 2.75) is 18.3 Å². The summed E-state index contributed by atoms with van der Waals surface area (Å²) in [5, 5.41) is 12.8. The molecule has 0 atom stereocenters. The molecule has 2 aliphatic heterocycles. The van der Waals surface area contributed by atoms with Gasteiger partial charge in [0.25, 0.3) is 0 Å². The highest BCUT2D eigenvalue weighted by Crippen LogP contribution is 2.38. The second-order valence-electron chi connectivity index (χ2n) is 4.80. The van der Waals surface area contributed by atoms with Gasteiger partial charge < -0.3 is 14.8 Å². The summed E-state index contributed by atoms with van der Waals surface area (Å²) in [6.45, 7) is 2.96. The van der Waals surface area contributed by atoms with Crippen molar-refractivity contribution < 1.29 is 9.47 Å². The van der Waals surface area contributed by atoms with E-state index in [-0.39, 0.29) is 5.41 Å². The molecular weight excluding hydrogens is 228 g/mol. The van der Waals surface area contributed by atoms with Crippen LogP contribution in [0.4, 0.5) is 0 Å². The number of nitrogens with zero attached hydrogens (tertiary/aromatic N) is 1. The number of rotatable bonds is 1. The second-order valence-corrected chi connectivity index (χ2v) is 4.80. The Morgan fingerprint density at radius 1 is 1.11 bits per heavy atom. The summed E-state index contributed by atoms with van der Waals surface area (Å²) in [5.74, 6) is 1.55. The van der Waals surface area contributed by atoms with Gasteiger partial charge in [-0.1, -0.05) is 6.07 Å². The molecule has 1 N–H and O–H groups in total. The van der Waals surface area contributed by atoms with Crippen LogP contribution in [0.5, 0.6) is 11.5 Å². The topological polar surface area (TPSA) is 54.3 Å². The Morgan fingerprint density at radius 2 is 1.83 bits per heavy atom. The standard InChI is InChI=1S/C14H16N2O2/c15-10-14(3-5-16-6-4-14)11-1-2-12-13(9-11)18-8-7-17-12/h1-2,9,16H,3-8H2. The van der Waals surface area contributed by atoms with Crippen molar-refractivity contribution in [3.8, 4) is 17.6 Å². The van der Waals surface area contributed by atoms with Gasteiger partial charge in [0.1, 0.15) is 13.2 Å². The number of ether oxygens (including phenoxy) is 2. The van der Waals surface area contributed by atoms with Crippen LogP contribution < -0.4 is 14.8 Å². The molecule has 0 amide bonds. The SMILES string of the molecule is N#CC1(c2ccc3c(c2)OCCO3)CCNCC1. The zero-order valence-electron chi connectivity index (χ0n) is 10.2. The average molecular weight is 244 g/mol. The van der Waals surface area contributed by atoms with Gasteiger partial charge in [-0.15, -0.1) is 0 Å². The maximum atomic E-state index is 9.55. The van der Waals surface area contributed by atoms with E-state index in [1.165, 1.54) is 0 Å². The first kappa shape index (κ1) is 11.4. The van der Waals surface area contributed by atoms with E-state index in [2.05, 4.69) is 11.4 Å².